The third-order valence-electron chi connectivity index (χ3n) is 6.55. The number of rotatable bonds is 4. The number of aromatic hydroxyl groups is 1. The highest BCUT2D eigenvalue weighted by Crippen LogP contribution is 2.60. The number of halogens is 7. The van der Waals surface area contributed by atoms with E-state index in [0.29, 0.717) is 5.56 Å². The highest BCUT2D eigenvalue weighted by Gasteiger charge is 2.79. The molecule has 172 valence electrons. The highest BCUT2D eigenvalue weighted by molar-refractivity contribution is 5.64. The molecule has 0 spiro atoms. The minimum Gasteiger partial charge on any atom is -0.508 e. The van der Waals surface area contributed by atoms with Crippen molar-refractivity contribution in [2.24, 2.45) is 5.41 Å². The minimum absolute atomic E-state index is 0.106. The van der Waals surface area contributed by atoms with Crippen LogP contribution in [0.1, 0.15) is 38.2 Å². The molecule has 2 aromatic carbocycles. The molecule has 0 saturated heterocycles. The van der Waals surface area contributed by atoms with Gasteiger partial charge in [0.2, 0.25) is 0 Å². The summed E-state index contributed by atoms with van der Waals surface area (Å²) in [5.41, 5.74) is -1.54. The first-order valence-electron chi connectivity index (χ1n) is 9.83. The Bertz CT molecular complexity index is 997. The van der Waals surface area contributed by atoms with Gasteiger partial charge in [-0.15, -0.1) is 0 Å². The van der Waals surface area contributed by atoms with Gasteiger partial charge in [-0.1, -0.05) is 43.3 Å². The quantitative estimate of drug-likeness (QED) is 0.490. The number of benzene rings is 2. The van der Waals surface area contributed by atoms with Gasteiger partial charge in [-0.05, 0) is 59.9 Å². The van der Waals surface area contributed by atoms with Gasteiger partial charge in [0.25, 0.3) is 0 Å². The van der Waals surface area contributed by atoms with Gasteiger partial charge >= 0.3 is 18.0 Å². The Hall–Kier alpha value is -2.76. The zero-order chi connectivity index (χ0) is 24.0. The monoisotopic (exact) mass is 459 g/mol. The largest absolute Gasteiger partial charge is 0.508 e. The van der Waals surface area contributed by atoms with E-state index in [-0.39, 0.29) is 18.6 Å². The molecule has 0 radical (unpaired) electrons. The van der Waals surface area contributed by atoms with Gasteiger partial charge in [0, 0.05) is 0 Å². The van der Waals surface area contributed by atoms with Gasteiger partial charge in [0.05, 0.1) is 6.07 Å². The molecule has 0 unspecified atom stereocenters. The molecule has 1 aliphatic carbocycles. The molecule has 2 aromatic rings. The smallest absolute Gasteiger partial charge is 0.459 e. The van der Waals surface area contributed by atoms with Gasteiger partial charge in [-0.25, -0.2) is 0 Å². The van der Waals surface area contributed by atoms with Crippen molar-refractivity contribution in [3.8, 4) is 22.9 Å². The van der Waals surface area contributed by atoms with E-state index in [2.05, 4.69) is 0 Å². The van der Waals surface area contributed by atoms with Crippen molar-refractivity contribution in [3.05, 3.63) is 54.1 Å². The summed E-state index contributed by atoms with van der Waals surface area (Å²) in [6.07, 6.45) is -8.35. The van der Waals surface area contributed by atoms with Crippen LogP contribution in [0.3, 0.4) is 0 Å². The standard InChI is InChI=1S/C23H20F7NO/c1-19(17-6-2-15(3-7-17)16-4-8-18(32)9-5-16)10-12-20(14-31,13-11-19)21(24,25)22(26,27)23(28,29)30/h2-9,32H,10-13H2,1H3. The van der Waals surface area contributed by atoms with Crippen molar-refractivity contribution >= 4 is 0 Å². The molecule has 1 aliphatic rings. The maximum Gasteiger partial charge on any atom is 0.459 e. The number of alkyl halides is 7. The summed E-state index contributed by atoms with van der Waals surface area (Å²) in [5, 5.41) is 18.7. The Kier molecular flexibility index (Phi) is 5.73. The molecule has 0 bridgehead atoms. The number of phenolic OH excluding ortho intramolecular Hbond substituents is 1. The van der Waals surface area contributed by atoms with Gasteiger partial charge in [0.1, 0.15) is 11.2 Å². The van der Waals surface area contributed by atoms with E-state index in [9.17, 15) is 41.1 Å². The van der Waals surface area contributed by atoms with Crippen LogP contribution >= 0.6 is 0 Å². The third kappa shape index (κ3) is 3.70. The average Bonchev–Trinajstić information content (AvgIpc) is 2.74. The van der Waals surface area contributed by atoms with Crippen LogP contribution in [0.15, 0.2) is 48.5 Å². The van der Waals surface area contributed by atoms with E-state index in [1.165, 1.54) is 12.1 Å². The van der Waals surface area contributed by atoms with Crippen LogP contribution in [0, 0.1) is 16.7 Å². The number of phenols is 1. The van der Waals surface area contributed by atoms with Crippen molar-refractivity contribution in [3.63, 3.8) is 0 Å². The Balaban J connectivity index is 1.84. The summed E-state index contributed by atoms with van der Waals surface area (Å²) in [5.74, 6) is -11.8. The zero-order valence-corrected chi connectivity index (χ0v) is 17.0. The molecule has 3 rings (SSSR count). The van der Waals surface area contributed by atoms with Gasteiger partial charge in [-0.2, -0.15) is 36.0 Å². The van der Waals surface area contributed by atoms with E-state index in [1.54, 1.807) is 43.3 Å². The van der Waals surface area contributed by atoms with Crippen molar-refractivity contribution < 1.29 is 35.8 Å². The maximum atomic E-state index is 14.5. The SMILES string of the molecule is CC1(c2ccc(-c3ccc(O)cc3)cc2)CCC(C#N)(C(F)(F)C(F)(F)C(F)(F)F)CC1. The number of nitrogens with zero attached hydrogens (tertiary/aromatic N) is 1. The number of hydrogen-bond acceptors (Lipinski definition) is 2. The first-order chi connectivity index (χ1) is 14.7. The molecule has 1 saturated carbocycles. The molecule has 32 heavy (non-hydrogen) atoms. The van der Waals surface area contributed by atoms with E-state index >= 15 is 0 Å². The Morgan fingerprint density at radius 2 is 1.22 bits per heavy atom. The van der Waals surface area contributed by atoms with E-state index in [4.69, 9.17) is 0 Å². The molecule has 1 N–H and O–H groups in total. The van der Waals surface area contributed by atoms with Gasteiger partial charge in [0.15, 0.2) is 0 Å². The molecule has 2 nitrogen and oxygen atoms in total. The lowest BCUT2D eigenvalue weighted by atomic mass is 9.59. The van der Waals surface area contributed by atoms with E-state index in [1.807, 2.05) is 0 Å². The lowest BCUT2D eigenvalue weighted by molar-refractivity contribution is -0.376. The summed E-state index contributed by atoms with van der Waals surface area (Å²) in [6.45, 7) is 1.71. The van der Waals surface area contributed by atoms with Gasteiger partial charge < -0.3 is 5.11 Å². The highest BCUT2D eigenvalue weighted by atomic mass is 19.4. The third-order valence-corrected chi connectivity index (χ3v) is 6.55. The fraction of sp³-hybridized carbons (Fsp3) is 0.435. The predicted molar refractivity (Wildman–Crippen MR) is 103 cm³/mol. The summed E-state index contributed by atoms with van der Waals surface area (Å²) >= 11 is 0. The van der Waals surface area contributed by atoms with Crippen molar-refractivity contribution in [2.45, 2.75) is 56.0 Å². The Labute approximate surface area is 180 Å². The predicted octanol–water partition coefficient (Wildman–Crippen LogP) is 7.23. The molecule has 0 aliphatic heterocycles. The molecular formula is C23H20F7NO. The lowest BCUT2D eigenvalue weighted by Gasteiger charge is -2.46. The fourth-order valence-electron chi connectivity index (χ4n) is 4.21. The number of hydrogen-bond donors (Lipinski definition) is 1. The van der Waals surface area contributed by atoms with Crippen molar-refractivity contribution in [1.82, 2.24) is 0 Å². The van der Waals surface area contributed by atoms with Crippen LogP contribution in [0.2, 0.25) is 0 Å². The summed E-state index contributed by atoms with van der Waals surface area (Å²) in [7, 11) is 0. The second-order valence-corrected chi connectivity index (χ2v) is 8.53. The molecule has 0 aromatic heterocycles. The van der Waals surface area contributed by atoms with E-state index in [0.717, 1.165) is 17.2 Å². The fourth-order valence-corrected chi connectivity index (χ4v) is 4.21. The molecule has 9 heteroatoms. The summed E-state index contributed by atoms with van der Waals surface area (Å²) in [6, 6.07) is 14.6. The average molecular weight is 459 g/mol. The van der Waals surface area contributed by atoms with Crippen molar-refractivity contribution in [2.75, 3.05) is 0 Å². The van der Waals surface area contributed by atoms with Crippen LogP contribution in [-0.4, -0.2) is 23.1 Å². The zero-order valence-electron chi connectivity index (χ0n) is 17.0. The molecule has 0 amide bonds. The van der Waals surface area contributed by atoms with E-state index < -0.39 is 41.7 Å². The topological polar surface area (TPSA) is 44.0 Å². The lowest BCUT2D eigenvalue weighted by Crippen LogP contribution is -2.61. The van der Waals surface area contributed by atoms with Crippen LogP contribution in [0.4, 0.5) is 30.7 Å². The van der Waals surface area contributed by atoms with Crippen LogP contribution in [0.5, 0.6) is 5.75 Å². The van der Waals surface area contributed by atoms with Crippen LogP contribution in [0.25, 0.3) is 11.1 Å². The number of nitriles is 1. The summed E-state index contributed by atoms with van der Waals surface area (Å²) in [4.78, 5) is 0. The molecule has 0 atom stereocenters. The second kappa shape index (κ2) is 7.68. The Morgan fingerprint density at radius 3 is 1.62 bits per heavy atom. The van der Waals surface area contributed by atoms with Gasteiger partial charge in [-0.3, -0.25) is 0 Å². The first kappa shape index (κ1) is 23.9. The second-order valence-electron chi connectivity index (χ2n) is 8.53. The molecule has 0 heterocycles. The summed E-state index contributed by atoms with van der Waals surface area (Å²) < 4.78 is 94.1. The minimum atomic E-state index is -6.47. The molecule has 1 fully saturated rings. The van der Waals surface area contributed by atoms with Crippen molar-refractivity contribution in [1.29, 1.82) is 5.26 Å². The maximum absolute atomic E-state index is 14.5. The Morgan fingerprint density at radius 1 is 0.781 bits per heavy atom. The normalized spacial score (nSPS) is 24.7. The van der Waals surface area contributed by atoms with Crippen LogP contribution in [-0.2, 0) is 5.41 Å². The van der Waals surface area contributed by atoms with Crippen LogP contribution < -0.4 is 0 Å². The first-order valence-corrected chi connectivity index (χ1v) is 9.83. The molecular weight excluding hydrogens is 439 g/mol.